The van der Waals surface area contributed by atoms with Gasteiger partial charge in [-0.2, -0.15) is 0 Å². The van der Waals surface area contributed by atoms with Gasteiger partial charge in [0.25, 0.3) is 0 Å². The molecule has 1 heterocycles. The maximum absolute atomic E-state index is 13.4. The summed E-state index contributed by atoms with van der Waals surface area (Å²) in [7, 11) is 1.47. The van der Waals surface area contributed by atoms with E-state index in [0.717, 1.165) is 11.1 Å². The summed E-state index contributed by atoms with van der Waals surface area (Å²) in [6.07, 6.45) is 5.78. The van der Waals surface area contributed by atoms with E-state index in [1.807, 2.05) is 39.8 Å². The maximum Gasteiger partial charge on any atom is 0.204 e. The molecular formula is C26H28O6. The molecule has 0 bridgehead atoms. The molecule has 3 rings (SSSR count). The second-order valence-corrected chi connectivity index (χ2v) is 8.19. The monoisotopic (exact) mass is 436 g/mol. The predicted molar refractivity (Wildman–Crippen MR) is 126 cm³/mol. The lowest BCUT2D eigenvalue weighted by atomic mass is 9.97. The van der Waals surface area contributed by atoms with Crippen LogP contribution in [-0.4, -0.2) is 22.4 Å². The average Bonchev–Trinajstić information content (AvgIpc) is 2.72. The highest BCUT2D eigenvalue weighted by atomic mass is 16.5. The summed E-state index contributed by atoms with van der Waals surface area (Å²) in [6, 6.07) is 4.43. The number of benzene rings is 2. The summed E-state index contributed by atoms with van der Waals surface area (Å²) < 4.78 is 11.2. The first-order valence-corrected chi connectivity index (χ1v) is 10.3. The largest absolute Gasteiger partial charge is 0.508 e. The van der Waals surface area contributed by atoms with Crippen LogP contribution >= 0.6 is 0 Å². The van der Waals surface area contributed by atoms with Gasteiger partial charge in [-0.25, -0.2) is 0 Å². The topological polar surface area (TPSA) is 100 Å². The summed E-state index contributed by atoms with van der Waals surface area (Å²) in [6.45, 7) is 7.73. The molecule has 0 saturated heterocycles. The molecule has 168 valence electrons. The SMILES string of the molecule is COc1c(-c2coc3cc(O)c(CC=C(C)C)c(O)c3c2=O)ccc(O)c1CC=C(C)C. The summed E-state index contributed by atoms with van der Waals surface area (Å²) in [5.74, 6) is -0.0347. The second-order valence-electron chi connectivity index (χ2n) is 8.19. The number of aromatic hydroxyl groups is 3. The minimum atomic E-state index is -0.459. The van der Waals surface area contributed by atoms with Gasteiger partial charge in [0.1, 0.15) is 40.2 Å². The van der Waals surface area contributed by atoms with Crippen molar-refractivity contribution in [2.24, 2.45) is 0 Å². The maximum atomic E-state index is 13.4. The summed E-state index contributed by atoms with van der Waals surface area (Å²) in [4.78, 5) is 13.4. The first kappa shape index (κ1) is 23.0. The van der Waals surface area contributed by atoms with Crippen molar-refractivity contribution in [3.63, 3.8) is 0 Å². The van der Waals surface area contributed by atoms with Gasteiger partial charge >= 0.3 is 0 Å². The van der Waals surface area contributed by atoms with E-state index in [-0.39, 0.29) is 45.8 Å². The molecule has 3 aromatic rings. The number of phenolic OH excluding ortho intramolecular Hbond substituents is 3. The zero-order chi connectivity index (χ0) is 23.6. The fourth-order valence-corrected chi connectivity index (χ4v) is 3.55. The van der Waals surface area contributed by atoms with E-state index in [4.69, 9.17) is 9.15 Å². The number of allylic oxidation sites excluding steroid dienone is 4. The molecule has 0 radical (unpaired) electrons. The van der Waals surface area contributed by atoms with Crippen LogP contribution in [0.4, 0.5) is 0 Å². The highest BCUT2D eigenvalue weighted by Crippen LogP contribution is 2.40. The highest BCUT2D eigenvalue weighted by molar-refractivity contribution is 5.90. The molecule has 3 N–H and O–H groups in total. The number of phenols is 3. The molecule has 0 aliphatic heterocycles. The Morgan fingerprint density at radius 1 is 0.938 bits per heavy atom. The molecule has 1 aromatic heterocycles. The van der Waals surface area contributed by atoms with Crippen LogP contribution in [0.1, 0.15) is 38.8 Å². The number of ether oxygens (including phenoxy) is 1. The third kappa shape index (κ3) is 4.35. The van der Waals surface area contributed by atoms with Crippen LogP contribution in [0, 0.1) is 0 Å². The molecule has 0 aliphatic carbocycles. The zero-order valence-electron chi connectivity index (χ0n) is 18.9. The van der Waals surface area contributed by atoms with Crippen LogP contribution in [0.3, 0.4) is 0 Å². The van der Waals surface area contributed by atoms with Crippen molar-refractivity contribution in [3.8, 4) is 34.1 Å². The van der Waals surface area contributed by atoms with Crippen LogP contribution in [0.2, 0.25) is 0 Å². The Hall–Kier alpha value is -3.67. The van der Waals surface area contributed by atoms with Crippen molar-refractivity contribution >= 4 is 11.0 Å². The average molecular weight is 437 g/mol. The van der Waals surface area contributed by atoms with Gasteiger partial charge in [-0.3, -0.25) is 4.79 Å². The van der Waals surface area contributed by atoms with E-state index in [0.29, 0.717) is 23.3 Å². The van der Waals surface area contributed by atoms with Gasteiger partial charge in [-0.1, -0.05) is 23.3 Å². The molecule has 0 fully saturated rings. The zero-order valence-corrected chi connectivity index (χ0v) is 18.9. The van der Waals surface area contributed by atoms with Crippen LogP contribution < -0.4 is 10.2 Å². The number of fused-ring (bicyclic) bond motifs is 1. The predicted octanol–water partition coefficient (Wildman–Crippen LogP) is 5.60. The van der Waals surface area contributed by atoms with Gasteiger partial charge in [0.2, 0.25) is 5.43 Å². The fourth-order valence-electron chi connectivity index (χ4n) is 3.55. The molecular weight excluding hydrogens is 408 g/mol. The Labute approximate surface area is 186 Å². The van der Waals surface area contributed by atoms with Crippen molar-refractivity contribution < 1.29 is 24.5 Å². The van der Waals surface area contributed by atoms with E-state index < -0.39 is 5.43 Å². The fraction of sp³-hybridized carbons (Fsp3) is 0.269. The van der Waals surface area contributed by atoms with Crippen molar-refractivity contribution in [3.05, 3.63) is 69.1 Å². The lowest BCUT2D eigenvalue weighted by Crippen LogP contribution is -2.08. The number of rotatable bonds is 6. The van der Waals surface area contributed by atoms with Crippen LogP contribution in [0.15, 0.2) is 57.0 Å². The van der Waals surface area contributed by atoms with Crippen LogP contribution in [0.25, 0.3) is 22.1 Å². The van der Waals surface area contributed by atoms with E-state index in [9.17, 15) is 20.1 Å². The van der Waals surface area contributed by atoms with Gasteiger partial charge in [0.15, 0.2) is 0 Å². The molecule has 6 heteroatoms. The van der Waals surface area contributed by atoms with Crippen molar-refractivity contribution in [2.45, 2.75) is 40.5 Å². The molecule has 32 heavy (non-hydrogen) atoms. The Kier molecular flexibility index (Phi) is 6.63. The number of methoxy groups -OCH3 is 1. The summed E-state index contributed by atoms with van der Waals surface area (Å²) >= 11 is 0. The molecule has 0 spiro atoms. The minimum Gasteiger partial charge on any atom is -0.508 e. The number of hydrogen-bond donors (Lipinski definition) is 3. The van der Waals surface area contributed by atoms with Gasteiger partial charge in [0, 0.05) is 22.8 Å². The lowest BCUT2D eigenvalue weighted by Gasteiger charge is -2.15. The third-order valence-electron chi connectivity index (χ3n) is 5.28. The molecule has 0 amide bonds. The molecule has 2 aromatic carbocycles. The molecule has 0 atom stereocenters. The Morgan fingerprint density at radius 3 is 2.16 bits per heavy atom. The Balaban J connectivity index is 2.28. The standard InChI is InChI=1S/C26H28O6/c1-14(2)6-8-17-21(28)12-22-23(24(17)29)25(30)19(13-32-22)16-10-11-20(27)18(26(16)31-5)9-7-15(3)4/h6-7,10-13,27-29H,8-9H2,1-5H3. The summed E-state index contributed by atoms with van der Waals surface area (Å²) in [5.41, 5.74) is 3.14. The van der Waals surface area contributed by atoms with Gasteiger partial charge < -0.3 is 24.5 Å². The second kappa shape index (κ2) is 9.22. The molecule has 0 unspecified atom stereocenters. The van der Waals surface area contributed by atoms with Crippen molar-refractivity contribution in [1.82, 2.24) is 0 Å². The Morgan fingerprint density at radius 2 is 1.56 bits per heavy atom. The smallest absolute Gasteiger partial charge is 0.204 e. The Bertz CT molecular complexity index is 1290. The summed E-state index contributed by atoms with van der Waals surface area (Å²) in [5, 5.41) is 31.5. The van der Waals surface area contributed by atoms with Crippen LogP contribution in [-0.2, 0) is 12.8 Å². The lowest BCUT2D eigenvalue weighted by molar-refractivity contribution is 0.402. The van der Waals surface area contributed by atoms with Crippen LogP contribution in [0.5, 0.6) is 23.0 Å². The third-order valence-corrected chi connectivity index (χ3v) is 5.28. The quantitative estimate of drug-likeness (QED) is 0.435. The molecule has 0 aliphatic rings. The van der Waals surface area contributed by atoms with E-state index in [1.54, 1.807) is 6.07 Å². The van der Waals surface area contributed by atoms with E-state index >= 15 is 0 Å². The molecule has 6 nitrogen and oxygen atoms in total. The first-order chi connectivity index (χ1) is 15.1. The van der Waals surface area contributed by atoms with Gasteiger partial charge in [0.05, 0.1) is 12.7 Å². The number of hydrogen-bond acceptors (Lipinski definition) is 6. The highest BCUT2D eigenvalue weighted by Gasteiger charge is 2.22. The first-order valence-electron chi connectivity index (χ1n) is 10.3. The van der Waals surface area contributed by atoms with Gasteiger partial charge in [-0.05, 0) is 52.7 Å². The van der Waals surface area contributed by atoms with E-state index in [2.05, 4.69) is 0 Å². The minimum absolute atomic E-state index is 0.0153. The van der Waals surface area contributed by atoms with Crippen molar-refractivity contribution in [1.29, 1.82) is 0 Å². The normalized spacial score (nSPS) is 10.8. The molecule has 0 saturated carbocycles. The van der Waals surface area contributed by atoms with E-state index in [1.165, 1.54) is 25.5 Å². The van der Waals surface area contributed by atoms with Crippen molar-refractivity contribution in [2.75, 3.05) is 7.11 Å². The van der Waals surface area contributed by atoms with Gasteiger partial charge in [-0.15, -0.1) is 0 Å².